The quantitative estimate of drug-likeness (QED) is 0.715. The summed E-state index contributed by atoms with van der Waals surface area (Å²) < 4.78 is 6.13. The number of aromatic nitrogens is 1. The first-order chi connectivity index (χ1) is 16.0. The van der Waals surface area contributed by atoms with Gasteiger partial charge in [0.2, 0.25) is 5.91 Å². The molecule has 174 valence electrons. The van der Waals surface area contributed by atoms with Crippen LogP contribution in [0.3, 0.4) is 0 Å². The van der Waals surface area contributed by atoms with Gasteiger partial charge in [0.25, 0.3) is 0 Å². The van der Waals surface area contributed by atoms with Crippen LogP contribution < -0.4 is 10.6 Å². The van der Waals surface area contributed by atoms with Crippen LogP contribution in [-0.4, -0.2) is 53.2 Å². The fraction of sp³-hybridized carbons (Fsp3) is 0.680. The van der Waals surface area contributed by atoms with Crippen molar-refractivity contribution in [3.05, 3.63) is 23.9 Å². The second-order valence-corrected chi connectivity index (χ2v) is 11.0. The lowest BCUT2D eigenvalue weighted by atomic mass is 9.48. The van der Waals surface area contributed by atoms with Gasteiger partial charge in [0.1, 0.15) is 18.0 Å². The summed E-state index contributed by atoms with van der Waals surface area (Å²) in [5, 5.41) is 15.5. The molecule has 6 fully saturated rings. The number of anilines is 1. The molecule has 1 aliphatic heterocycles. The molecular formula is C25H31N5O3. The maximum absolute atomic E-state index is 13.1. The average Bonchev–Trinajstić information content (AvgIpc) is 3.50. The molecule has 3 atom stereocenters. The lowest BCUT2D eigenvalue weighted by Gasteiger charge is -2.58. The van der Waals surface area contributed by atoms with Crippen molar-refractivity contribution >= 4 is 17.8 Å². The van der Waals surface area contributed by atoms with E-state index in [9.17, 15) is 9.59 Å². The molecule has 6 aliphatic rings. The van der Waals surface area contributed by atoms with Crippen molar-refractivity contribution in [2.45, 2.75) is 69.6 Å². The number of ether oxygens (including phenoxy) is 1. The minimum atomic E-state index is -0.223. The molecule has 2 amide bonds. The summed E-state index contributed by atoms with van der Waals surface area (Å²) in [6.45, 7) is 1.24. The first kappa shape index (κ1) is 20.8. The highest BCUT2D eigenvalue weighted by Gasteiger charge is 2.60. The van der Waals surface area contributed by atoms with Crippen molar-refractivity contribution in [3.8, 4) is 6.07 Å². The van der Waals surface area contributed by atoms with Gasteiger partial charge in [-0.15, -0.1) is 0 Å². The molecule has 8 nitrogen and oxygen atoms in total. The van der Waals surface area contributed by atoms with Crippen molar-refractivity contribution < 1.29 is 14.3 Å². The fourth-order valence-electron chi connectivity index (χ4n) is 7.00. The summed E-state index contributed by atoms with van der Waals surface area (Å²) >= 11 is 0. The van der Waals surface area contributed by atoms with Gasteiger partial charge in [-0.2, -0.15) is 5.26 Å². The van der Waals surface area contributed by atoms with Crippen LogP contribution in [0.5, 0.6) is 0 Å². The number of hydrogen-bond donors (Lipinski definition) is 2. The third-order valence-electron chi connectivity index (χ3n) is 8.51. The minimum Gasteiger partial charge on any atom is -0.446 e. The molecule has 1 unspecified atom stereocenters. The summed E-state index contributed by atoms with van der Waals surface area (Å²) in [5.74, 6) is 2.20. The molecule has 2 heterocycles. The van der Waals surface area contributed by atoms with E-state index in [1.165, 1.54) is 0 Å². The maximum Gasteiger partial charge on any atom is 0.410 e. The van der Waals surface area contributed by atoms with Crippen LogP contribution >= 0.6 is 0 Å². The summed E-state index contributed by atoms with van der Waals surface area (Å²) in [7, 11) is 0. The summed E-state index contributed by atoms with van der Waals surface area (Å²) in [6.07, 6.45) is 9.26. The lowest BCUT2D eigenvalue weighted by Crippen LogP contribution is -2.59. The Kier molecular flexibility index (Phi) is 4.97. The topological polar surface area (TPSA) is 107 Å². The molecule has 33 heavy (non-hydrogen) atoms. The number of carbonyl (C=O) groups excluding carboxylic acids is 2. The van der Waals surface area contributed by atoms with E-state index in [1.54, 1.807) is 23.2 Å². The second kappa shape index (κ2) is 7.89. The molecule has 1 saturated heterocycles. The molecule has 1 aromatic heterocycles. The Bertz CT molecular complexity index is 969. The number of nitrogens with one attached hydrogen (secondary N) is 2. The van der Waals surface area contributed by atoms with Gasteiger partial charge in [0.05, 0.1) is 11.0 Å². The van der Waals surface area contributed by atoms with E-state index in [4.69, 9.17) is 10.00 Å². The Morgan fingerprint density at radius 2 is 1.91 bits per heavy atom. The molecule has 5 saturated carbocycles. The Hall–Kier alpha value is -2.82. The Balaban J connectivity index is 1.05. The lowest BCUT2D eigenvalue weighted by molar-refractivity contribution is -0.164. The van der Waals surface area contributed by atoms with E-state index in [1.807, 2.05) is 0 Å². The number of hydrogen-bond acceptors (Lipinski definition) is 6. The highest BCUT2D eigenvalue weighted by molar-refractivity contribution is 5.83. The van der Waals surface area contributed by atoms with Gasteiger partial charge in [-0.1, -0.05) is 0 Å². The number of nitrogens with zero attached hydrogens (tertiary/aromatic N) is 3. The SMILES string of the molecule is N#Cc1ccc(NC2CCN(C(=O)OC3[C@@H]4CC5C[C@@H]3CC(C(=O)NC3CC3)(C5)C4)C2)nc1. The summed E-state index contributed by atoms with van der Waals surface area (Å²) in [4.78, 5) is 32.1. The van der Waals surface area contributed by atoms with Crippen molar-refractivity contribution in [3.63, 3.8) is 0 Å². The molecule has 2 N–H and O–H groups in total. The smallest absolute Gasteiger partial charge is 0.410 e. The molecule has 4 bridgehead atoms. The largest absolute Gasteiger partial charge is 0.446 e. The van der Waals surface area contributed by atoms with E-state index >= 15 is 0 Å². The first-order valence-electron chi connectivity index (χ1n) is 12.4. The van der Waals surface area contributed by atoms with Crippen LogP contribution in [0.25, 0.3) is 0 Å². The number of amides is 2. The van der Waals surface area contributed by atoms with Gasteiger partial charge in [-0.25, -0.2) is 9.78 Å². The number of pyridine rings is 1. The van der Waals surface area contributed by atoms with Crippen LogP contribution in [0.15, 0.2) is 18.3 Å². The highest BCUT2D eigenvalue weighted by Crippen LogP contribution is 2.61. The van der Waals surface area contributed by atoms with Gasteiger partial charge in [-0.05, 0) is 81.3 Å². The van der Waals surface area contributed by atoms with Crippen molar-refractivity contribution in [1.29, 1.82) is 5.26 Å². The predicted molar refractivity (Wildman–Crippen MR) is 120 cm³/mol. The molecule has 0 aromatic carbocycles. The second-order valence-electron chi connectivity index (χ2n) is 11.0. The van der Waals surface area contributed by atoms with Crippen LogP contribution in [-0.2, 0) is 9.53 Å². The van der Waals surface area contributed by atoms with E-state index in [2.05, 4.69) is 21.7 Å². The molecule has 0 radical (unpaired) electrons. The number of nitriles is 1. The number of carbonyl (C=O) groups is 2. The first-order valence-corrected chi connectivity index (χ1v) is 12.4. The van der Waals surface area contributed by atoms with Gasteiger partial charge in [0.15, 0.2) is 0 Å². The van der Waals surface area contributed by atoms with Gasteiger partial charge in [-0.3, -0.25) is 4.79 Å². The minimum absolute atomic E-state index is 0.0527. The van der Waals surface area contributed by atoms with Crippen LogP contribution in [0.1, 0.15) is 56.9 Å². The monoisotopic (exact) mass is 449 g/mol. The molecule has 0 spiro atoms. The molecule has 7 rings (SSSR count). The van der Waals surface area contributed by atoms with Crippen LogP contribution in [0.4, 0.5) is 10.6 Å². The normalized spacial score (nSPS) is 36.3. The van der Waals surface area contributed by atoms with Gasteiger partial charge >= 0.3 is 6.09 Å². The average molecular weight is 450 g/mol. The van der Waals surface area contributed by atoms with Crippen molar-refractivity contribution in [1.82, 2.24) is 15.2 Å². The standard InChI is InChI=1S/C25H31N5O3/c26-12-15-1-4-21(27-13-15)28-20-5-6-30(14-20)24(32)33-22-17-7-16-8-18(22)11-25(9-16,10-17)23(31)29-19-2-3-19/h1,4,13,16-20,22H,2-3,5-11,14H2,(H,27,28)(H,29,31)/t16?,17-,18-,20?,22?,25?/m1/s1. The zero-order valence-corrected chi connectivity index (χ0v) is 18.8. The van der Waals surface area contributed by atoms with Crippen molar-refractivity contribution in [2.75, 3.05) is 18.4 Å². The Labute approximate surface area is 194 Å². The summed E-state index contributed by atoms with van der Waals surface area (Å²) in [6, 6.07) is 6.11. The Morgan fingerprint density at radius 1 is 1.12 bits per heavy atom. The molecule has 5 aliphatic carbocycles. The van der Waals surface area contributed by atoms with E-state index < -0.39 is 0 Å². The molecule has 8 heteroatoms. The maximum atomic E-state index is 13.1. The predicted octanol–water partition coefficient (Wildman–Crippen LogP) is 3.05. The van der Waals surface area contributed by atoms with E-state index in [-0.39, 0.29) is 29.6 Å². The van der Waals surface area contributed by atoms with Gasteiger partial charge in [0, 0.05) is 31.4 Å². The summed E-state index contributed by atoms with van der Waals surface area (Å²) in [5.41, 5.74) is 0.304. The van der Waals surface area contributed by atoms with Crippen LogP contribution in [0, 0.1) is 34.5 Å². The zero-order valence-electron chi connectivity index (χ0n) is 18.8. The highest BCUT2D eigenvalue weighted by atomic mass is 16.6. The van der Waals surface area contributed by atoms with Crippen LogP contribution in [0.2, 0.25) is 0 Å². The Morgan fingerprint density at radius 3 is 2.58 bits per heavy atom. The third-order valence-corrected chi connectivity index (χ3v) is 8.51. The van der Waals surface area contributed by atoms with E-state index in [0.29, 0.717) is 48.3 Å². The zero-order chi connectivity index (χ0) is 22.6. The van der Waals surface area contributed by atoms with Crippen molar-refractivity contribution in [2.24, 2.45) is 23.2 Å². The third kappa shape index (κ3) is 3.92. The number of rotatable bonds is 5. The molecular weight excluding hydrogens is 418 g/mol. The van der Waals surface area contributed by atoms with Gasteiger partial charge < -0.3 is 20.3 Å². The number of likely N-dealkylation sites (tertiary alicyclic amines) is 1. The molecule has 1 aromatic rings. The van der Waals surface area contributed by atoms with E-state index in [0.717, 1.165) is 51.4 Å². The fourth-order valence-corrected chi connectivity index (χ4v) is 7.00.